The van der Waals surface area contributed by atoms with Crippen LogP contribution in [0.3, 0.4) is 0 Å². The van der Waals surface area contributed by atoms with Gasteiger partial charge in [0, 0.05) is 6.04 Å². The minimum absolute atomic E-state index is 0.0208. The van der Waals surface area contributed by atoms with Crippen LogP contribution in [0.5, 0.6) is 5.88 Å². The van der Waals surface area contributed by atoms with Gasteiger partial charge in [0.1, 0.15) is 11.9 Å². The molecule has 1 aromatic heterocycles. The first-order chi connectivity index (χ1) is 16.1. The maximum Gasteiger partial charge on any atom is 0.407 e. The Labute approximate surface area is 200 Å². The molecule has 0 spiro atoms. The number of carbonyl (C=O) groups is 2. The Bertz CT molecular complexity index is 898. The van der Waals surface area contributed by atoms with Crippen molar-refractivity contribution in [3.63, 3.8) is 0 Å². The third-order valence-electron chi connectivity index (χ3n) is 5.82. The molecule has 1 unspecified atom stereocenters. The first kappa shape index (κ1) is 25.9. The van der Waals surface area contributed by atoms with Gasteiger partial charge in [-0.3, -0.25) is 0 Å². The molecule has 10 heteroatoms. The molecule has 2 aliphatic rings. The van der Waals surface area contributed by atoms with E-state index in [0.717, 1.165) is 55.5 Å². The summed E-state index contributed by atoms with van der Waals surface area (Å²) in [6, 6.07) is -0.0243. The quantitative estimate of drug-likeness (QED) is 0.518. The number of aliphatic carboxylic acids is 1. The first-order valence-electron chi connectivity index (χ1n) is 11.8. The van der Waals surface area contributed by atoms with Crippen LogP contribution in [-0.4, -0.2) is 70.7 Å². The van der Waals surface area contributed by atoms with Gasteiger partial charge in [-0.1, -0.05) is 6.08 Å². The Morgan fingerprint density at radius 1 is 1.26 bits per heavy atom. The molecule has 1 aliphatic heterocycles. The highest BCUT2D eigenvalue weighted by Gasteiger charge is 2.29. The van der Waals surface area contributed by atoms with Gasteiger partial charge in [-0.2, -0.15) is 0 Å². The van der Waals surface area contributed by atoms with E-state index in [1.165, 1.54) is 6.33 Å². The van der Waals surface area contributed by atoms with Gasteiger partial charge in [-0.05, 0) is 71.9 Å². The third-order valence-corrected chi connectivity index (χ3v) is 5.82. The van der Waals surface area contributed by atoms with Crippen LogP contribution in [0.1, 0.15) is 64.1 Å². The predicted octanol–water partition coefficient (Wildman–Crippen LogP) is 2.85. The van der Waals surface area contributed by atoms with Crippen molar-refractivity contribution in [3.05, 3.63) is 23.7 Å². The van der Waals surface area contributed by atoms with Crippen molar-refractivity contribution in [2.75, 3.05) is 19.8 Å². The lowest BCUT2D eigenvalue weighted by Crippen LogP contribution is -2.56. The summed E-state index contributed by atoms with van der Waals surface area (Å²) in [7, 11) is 0. The molecule has 10 nitrogen and oxygen atoms in total. The largest absolute Gasteiger partial charge is 0.479 e. The molecule has 3 N–H and O–H groups in total. The number of carboxylic acids is 1. The van der Waals surface area contributed by atoms with Crippen molar-refractivity contribution < 1.29 is 28.9 Å². The summed E-state index contributed by atoms with van der Waals surface area (Å²) in [4.78, 5) is 31.5. The molecule has 188 valence electrons. The van der Waals surface area contributed by atoms with E-state index in [1.807, 2.05) is 27.7 Å². The Morgan fingerprint density at radius 2 is 2.06 bits per heavy atom. The number of aromatic nitrogens is 2. The molecule has 3 rings (SSSR count). The number of hydrogen-bond donors (Lipinski definition) is 3. The molecular weight excluding hydrogens is 440 g/mol. The number of allylic oxidation sites excluding steroid dienone is 1. The van der Waals surface area contributed by atoms with Crippen molar-refractivity contribution in [2.24, 2.45) is 0 Å². The summed E-state index contributed by atoms with van der Waals surface area (Å²) in [5, 5.41) is 15.4. The maximum absolute atomic E-state index is 12.2. The smallest absolute Gasteiger partial charge is 0.407 e. The highest BCUT2D eigenvalue weighted by atomic mass is 16.6. The van der Waals surface area contributed by atoms with Gasteiger partial charge >= 0.3 is 12.1 Å². The lowest BCUT2D eigenvalue weighted by Gasteiger charge is -2.35. The average molecular weight is 477 g/mol. The van der Waals surface area contributed by atoms with Gasteiger partial charge in [-0.25, -0.2) is 19.6 Å². The molecular formula is C24H36N4O6. The molecule has 2 heterocycles. The second-order valence-electron chi connectivity index (χ2n) is 9.74. The highest BCUT2D eigenvalue weighted by Crippen LogP contribution is 2.34. The van der Waals surface area contributed by atoms with Gasteiger partial charge in [0.2, 0.25) is 5.88 Å². The summed E-state index contributed by atoms with van der Waals surface area (Å²) in [6.07, 6.45) is 7.27. The number of amides is 1. The standard InChI is InChI=1S/C24H36N4O6/c1-15-21(22(27-14-26-15)33-13-20(29)30)16-7-9-17(10-8-16)32-12-19-18(6-5-11-25-19)28-23(31)34-24(2,3)4/h7,14,17-19,25H,5-6,8-13H2,1-4H3,(H,28,31)(H,29,30)/t17?,18-,19-/m0/s1. The zero-order valence-electron chi connectivity index (χ0n) is 20.4. The molecule has 1 saturated heterocycles. The predicted molar refractivity (Wildman–Crippen MR) is 126 cm³/mol. The Morgan fingerprint density at radius 3 is 2.74 bits per heavy atom. The second-order valence-corrected chi connectivity index (χ2v) is 9.74. The molecule has 3 atom stereocenters. The van der Waals surface area contributed by atoms with Crippen LogP contribution in [-0.2, 0) is 14.3 Å². The summed E-state index contributed by atoms with van der Waals surface area (Å²) >= 11 is 0. The van der Waals surface area contributed by atoms with Crippen molar-refractivity contribution in [2.45, 2.75) is 83.6 Å². The number of carboxylic acid groups (broad SMARTS) is 1. The van der Waals surface area contributed by atoms with Crippen molar-refractivity contribution in [1.82, 2.24) is 20.6 Å². The Kier molecular flexibility index (Phi) is 8.84. The number of ether oxygens (including phenoxy) is 3. The number of alkyl carbamates (subject to hydrolysis) is 1. The molecule has 1 fully saturated rings. The average Bonchev–Trinajstić information content (AvgIpc) is 2.76. The number of nitrogens with zero attached hydrogens (tertiary/aromatic N) is 2. The van der Waals surface area contributed by atoms with Crippen LogP contribution in [0.15, 0.2) is 12.4 Å². The fourth-order valence-corrected chi connectivity index (χ4v) is 4.25. The van der Waals surface area contributed by atoms with E-state index < -0.39 is 24.3 Å². The van der Waals surface area contributed by atoms with Crippen LogP contribution >= 0.6 is 0 Å². The van der Waals surface area contributed by atoms with Crippen LogP contribution < -0.4 is 15.4 Å². The van der Waals surface area contributed by atoms with Crippen molar-refractivity contribution in [3.8, 4) is 5.88 Å². The third kappa shape index (κ3) is 7.66. The van der Waals surface area contributed by atoms with E-state index in [4.69, 9.17) is 19.3 Å². The van der Waals surface area contributed by atoms with E-state index in [9.17, 15) is 9.59 Å². The SMILES string of the molecule is Cc1ncnc(OCC(=O)O)c1C1=CCC(OC[C@@H]2NCCC[C@@H]2NC(=O)OC(C)(C)C)CC1. The highest BCUT2D eigenvalue weighted by molar-refractivity contribution is 5.72. The zero-order chi connectivity index (χ0) is 24.7. The van der Waals surface area contributed by atoms with Crippen LogP contribution in [0.4, 0.5) is 4.79 Å². The topological polar surface area (TPSA) is 132 Å². The van der Waals surface area contributed by atoms with Gasteiger partial charge in [0.05, 0.1) is 30.0 Å². The number of hydrogen-bond acceptors (Lipinski definition) is 8. The molecule has 0 aromatic carbocycles. The monoisotopic (exact) mass is 476 g/mol. The summed E-state index contributed by atoms with van der Waals surface area (Å²) in [6.45, 7) is 8.34. The molecule has 0 saturated carbocycles. The number of rotatable bonds is 8. The summed E-state index contributed by atoms with van der Waals surface area (Å²) < 4.78 is 17.0. The van der Waals surface area contributed by atoms with Gasteiger partial charge in [0.15, 0.2) is 6.61 Å². The number of aryl methyl sites for hydroxylation is 1. The zero-order valence-corrected chi connectivity index (χ0v) is 20.4. The minimum atomic E-state index is -1.05. The van der Waals surface area contributed by atoms with Gasteiger partial charge in [-0.15, -0.1) is 0 Å². The fourth-order valence-electron chi connectivity index (χ4n) is 4.25. The normalized spacial score (nSPS) is 23.1. The molecule has 0 radical (unpaired) electrons. The fraction of sp³-hybridized carbons (Fsp3) is 0.667. The van der Waals surface area contributed by atoms with Crippen molar-refractivity contribution in [1.29, 1.82) is 0 Å². The number of nitrogens with one attached hydrogen (secondary N) is 2. The van der Waals surface area contributed by atoms with E-state index in [-0.39, 0.29) is 18.2 Å². The number of carbonyl (C=O) groups excluding carboxylic acids is 1. The molecule has 1 amide bonds. The van der Waals surface area contributed by atoms with Crippen LogP contribution in [0, 0.1) is 6.92 Å². The Hall–Kier alpha value is -2.72. The molecule has 34 heavy (non-hydrogen) atoms. The second kappa shape index (κ2) is 11.6. The van der Waals surface area contributed by atoms with E-state index in [1.54, 1.807) is 0 Å². The van der Waals surface area contributed by atoms with E-state index in [0.29, 0.717) is 12.5 Å². The van der Waals surface area contributed by atoms with Crippen LogP contribution in [0.2, 0.25) is 0 Å². The van der Waals surface area contributed by atoms with Gasteiger partial charge < -0.3 is 30.0 Å². The van der Waals surface area contributed by atoms with E-state index in [2.05, 4.69) is 26.7 Å². The Balaban J connectivity index is 1.56. The van der Waals surface area contributed by atoms with Crippen molar-refractivity contribution >= 4 is 17.6 Å². The van der Waals surface area contributed by atoms with Gasteiger partial charge in [0.25, 0.3) is 0 Å². The number of piperidine rings is 1. The maximum atomic E-state index is 12.2. The molecule has 1 aromatic rings. The summed E-state index contributed by atoms with van der Waals surface area (Å²) in [5.74, 6) is -0.757. The lowest BCUT2D eigenvalue weighted by molar-refractivity contribution is -0.139. The summed E-state index contributed by atoms with van der Waals surface area (Å²) in [5.41, 5.74) is 2.02. The molecule has 0 bridgehead atoms. The minimum Gasteiger partial charge on any atom is -0.479 e. The van der Waals surface area contributed by atoms with Crippen LogP contribution in [0.25, 0.3) is 5.57 Å². The first-order valence-corrected chi connectivity index (χ1v) is 11.8. The van der Waals surface area contributed by atoms with E-state index >= 15 is 0 Å². The molecule has 1 aliphatic carbocycles. The lowest BCUT2D eigenvalue weighted by atomic mass is 9.91.